The van der Waals surface area contributed by atoms with Gasteiger partial charge in [0.05, 0.1) is 36.1 Å². The van der Waals surface area contributed by atoms with Crippen LogP contribution in [-0.2, 0) is 31.9 Å². The van der Waals surface area contributed by atoms with Crippen LogP contribution in [0.3, 0.4) is 0 Å². The van der Waals surface area contributed by atoms with E-state index in [1.807, 2.05) is 38.1 Å². The number of carbonyl (C=O) groups excluding carboxylic acids is 4. The predicted octanol–water partition coefficient (Wildman–Crippen LogP) is 7.52. The standard InChI is InChI=1S/C46H54N4O6/c1-33(39-13-5-7-15-41(39)49-25-9-3-10-26-49)47-43(51)31-35-17-21-37(22-18-35)45(53)55-29-30-56-46(54)38-23-19-36(20-24-38)32-44(52)48-34(2)40-14-6-8-16-42(40)50-27-11-4-12-28-50/h5-8,13-24,33-34H,3-4,9-12,25-32H2,1-2H3,(H,47,51)(H,48,52). The first-order valence-electron chi connectivity index (χ1n) is 20.0. The van der Waals surface area contributed by atoms with Gasteiger partial charge in [-0.3, -0.25) is 9.59 Å². The van der Waals surface area contributed by atoms with Crippen LogP contribution < -0.4 is 20.4 Å². The molecule has 2 unspecified atom stereocenters. The van der Waals surface area contributed by atoms with Crippen LogP contribution in [0.5, 0.6) is 0 Å². The van der Waals surface area contributed by atoms with Crippen molar-refractivity contribution in [3.8, 4) is 0 Å². The van der Waals surface area contributed by atoms with Gasteiger partial charge in [-0.25, -0.2) is 9.59 Å². The summed E-state index contributed by atoms with van der Waals surface area (Å²) >= 11 is 0. The maximum Gasteiger partial charge on any atom is 0.338 e. The number of anilines is 2. The normalized spacial score (nSPS) is 15.3. The van der Waals surface area contributed by atoms with E-state index >= 15 is 0 Å². The van der Waals surface area contributed by atoms with Crippen LogP contribution in [0.2, 0.25) is 0 Å². The highest BCUT2D eigenvalue weighted by molar-refractivity contribution is 5.90. The molecule has 2 amide bonds. The Bertz CT molecular complexity index is 1790. The van der Waals surface area contributed by atoms with E-state index in [2.05, 4.69) is 44.7 Å². The minimum Gasteiger partial charge on any atom is -0.458 e. The summed E-state index contributed by atoms with van der Waals surface area (Å²) in [5, 5.41) is 6.26. The van der Waals surface area contributed by atoms with Crippen LogP contribution in [0.1, 0.15) is 107 Å². The van der Waals surface area contributed by atoms with Crippen molar-refractivity contribution < 1.29 is 28.7 Å². The van der Waals surface area contributed by atoms with E-state index < -0.39 is 11.9 Å². The van der Waals surface area contributed by atoms with Crippen molar-refractivity contribution in [3.63, 3.8) is 0 Å². The van der Waals surface area contributed by atoms with Gasteiger partial charge >= 0.3 is 11.9 Å². The monoisotopic (exact) mass is 758 g/mol. The number of rotatable bonds is 15. The number of hydrogen-bond donors (Lipinski definition) is 2. The van der Waals surface area contributed by atoms with E-state index in [1.165, 1.54) is 49.9 Å². The Labute approximate surface area is 330 Å². The number of amides is 2. The molecule has 2 aliphatic rings. The maximum atomic E-state index is 13.0. The first kappa shape index (κ1) is 40.0. The lowest BCUT2D eigenvalue weighted by Gasteiger charge is -2.32. The van der Waals surface area contributed by atoms with Gasteiger partial charge in [0.15, 0.2) is 0 Å². The Morgan fingerprint density at radius 3 is 1.25 bits per heavy atom. The molecule has 0 bridgehead atoms. The minimum atomic E-state index is -0.549. The summed E-state index contributed by atoms with van der Waals surface area (Å²) < 4.78 is 10.6. The zero-order chi connectivity index (χ0) is 39.3. The number of ether oxygens (including phenoxy) is 2. The number of benzene rings is 4. The Kier molecular flexibility index (Phi) is 14.2. The van der Waals surface area contributed by atoms with Gasteiger partial charge < -0.3 is 29.9 Å². The SMILES string of the molecule is CC(NC(=O)Cc1ccc(C(=O)OCCOC(=O)c2ccc(CC(=O)NC(C)c3ccccc3N3CCCCC3)cc2)cc1)c1ccccc1N1CCCCC1. The van der Waals surface area contributed by atoms with Crippen molar-refractivity contribution in [1.82, 2.24) is 10.6 Å². The van der Waals surface area contributed by atoms with E-state index in [0.29, 0.717) is 11.1 Å². The number of piperidine rings is 2. The van der Waals surface area contributed by atoms with Gasteiger partial charge in [0.1, 0.15) is 13.2 Å². The molecular formula is C46H54N4O6. The van der Waals surface area contributed by atoms with Gasteiger partial charge in [-0.1, -0.05) is 60.7 Å². The molecule has 0 aliphatic carbocycles. The average molecular weight is 759 g/mol. The minimum absolute atomic E-state index is 0.0989. The third-order valence-corrected chi connectivity index (χ3v) is 10.6. The highest BCUT2D eigenvalue weighted by Crippen LogP contribution is 2.30. The lowest BCUT2D eigenvalue weighted by atomic mass is 10.0. The molecule has 10 heteroatoms. The summed E-state index contributed by atoms with van der Waals surface area (Å²) in [5.41, 5.74) is 6.81. The molecule has 2 fully saturated rings. The smallest absolute Gasteiger partial charge is 0.338 e. The lowest BCUT2D eigenvalue weighted by Crippen LogP contribution is -2.33. The summed E-state index contributed by atoms with van der Waals surface area (Å²) in [6, 6.07) is 29.7. The molecule has 56 heavy (non-hydrogen) atoms. The summed E-state index contributed by atoms with van der Waals surface area (Å²) in [6.45, 7) is 7.93. The van der Waals surface area contributed by atoms with Crippen LogP contribution in [-0.4, -0.2) is 63.1 Å². The molecule has 0 radical (unpaired) electrons. The second-order valence-electron chi connectivity index (χ2n) is 14.8. The molecule has 2 N–H and O–H groups in total. The summed E-state index contributed by atoms with van der Waals surface area (Å²) in [5.74, 6) is -1.30. The number of carbonyl (C=O) groups is 4. The van der Waals surface area contributed by atoms with Crippen molar-refractivity contribution in [2.24, 2.45) is 0 Å². The number of esters is 2. The van der Waals surface area contributed by atoms with Gasteiger partial charge in [0, 0.05) is 37.6 Å². The molecule has 0 saturated carbocycles. The molecule has 4 aromatic carbocycles. The quantitative estimate of drug-likeness (QED) is 0.0945. The lowest BCUT2D eigenvalue weighted by molar-refractivity contribution is -0.121. The third-order valence-electron chi connectivity index (χ3n) is 10.6. The molecule has 4 aromatic rings. The summed E-state index contributed by atoms with van der Waals surface area (Å²) in [6.07, 6.45) is 7.61. The Hall–Kier alpha value is -5.64. The zero-order valence-corrected chi connectivity index (χ0v) is 32.6. The molecule has 2 saturated heterocycles. The van der Waals surface area contributed by atoms with E-state index in [-0.39, 0.29) is 50.0 Å². The fourth-order valence-electron chi connectivity index (χ4n) is 7.62. The molecule has 10 nitrogen and oxygen atoms in total. The highest BCUT2D eigenvalue weighted by Gasteiger charge is 2.21. The Balaban J connectivity index is 0.895. The molecule has 294 valence electrons. The van der Waals surface area contributed by atoms with Crippen LogP contribution in [0.4, 0.5) is 11.4 Å². The van der Waals surface area contributed by atoms with Gasteiger partial charge in [0.2, 0.25) is 11.8 Å². The molecule has 2 heterocycles. The van der Waals surface area contributed by atoms with Crippen molar-refractivity contribution in [2.75, 3.05) is 49.2 Å². The molecular weight excluding hydrogens is 705 g/mol. The number of nitrogens with zero attached hydrogens (tertiary/aromatic N) is 2. The van der Waals surface area contributed by atoms with Gasteiger partial charge in [0.25, 0.3) is 0 Å². The van der Waals surface area contributed by atoms with Gasteiger partial charge in [-0.15, -0.1) is 0 Å². The fraction of sp³-hybridized carbons (Fsp3) is 0.391. The van der Waals surface area contributed by atoms with E-state index in [9.17, 15) is 19.2 Å². The van der Waals surface area contributed by atoms with E-state index in [0.717, 1.165) is 48.4 Å². The van der Waals surface area contributed by atoms with Gasteiger partial charge in [-0.2, -0.15) is 0 Å². The summed E-state index contributed by atoms with van der Waals surface area (Å²) in [7, 11) is 0. The van der Waals surface area contributed by atoms with E-state index in [1.54, 1.807) is 48.5 Å². The van der Waals surface area contributed by atoms with Crippen molar-refractivity contribution >= 4 is 35.1 Å². The topological polar surface area (TPSA) is 117 Å². The molecule has 2 atom stereocenters. The zero-order valence-electron chi connectivity index (χ0n) is 32.6. The molecule has 2 aliphatic heterocycles. The first-order chi connectivity index (χ1) is 27.2. The largest absolute Gasteiger partial charge is 0.458 e. The number of nitrogens with one attached hydrogen (secondary N) is 2. The maximum absolute atomic E-state index is 13.0. The second-order valence-corrected chi connectivity index (χ2v) is 14.8. The fourth-order valence-corrected chi connectivity index (χ4v) is 7.62. The average Bonchev–Trinajstić information content (AvgIpc) is 3.23. The number of hydrogen-bond acceptors (Lipinski definition) is 8. The third kappa shape index (κ3) is 11.0. The van der Waals surface area contributed by atoms with Crippen LogP contribution in [0.15, 0.2) is 97.1 Å². The predicted molar refractivity (Wildman–Crippen MR) is 219 cm³/mol. The first-order valence-corrected chi connectivity index (χ1v) is 20.0. The Morgan fingerprint density at radius 2 is 0.875 bits per heavy atom. The summed E-state index contributed by atoms with van der Waals surface area (Å²) in [4.78, 5) is 56.0. The molecule has 0 spiro atoms. The van der Waals surface area contributed by atoms with Crippen molar-refractivity contribution in [1.29, 1.82) is 0 Å². The number of para-hydroxylation sites is 2. The van der Waals surface area contributed by atoms with Crippen LogP contribution >= 0.6 is 0 Å². The molecule has 6 rings (SSSR count). The second kappa shape index (κ2) is 19.8. The molecule has 0 aromatic heterocycles. The van der Waals surface area contributed by atoms with Gasteiger partial charge in [-0.05, 0) is 111 Å². The van der Waals surface area contributed by atoms with E-state index in [4.69, 9.17) is 9.47 Å². The van der Waals surface area contributed by atoms with Crippen LogP contribution in [0.25, 0.3) is 0 Å². The van der Waals surface area contributed by atoms with Crippen molar-refractivity contribution in [2.45, 2.75) is 77.3 Å². The highest BCUT2D eigenvalue weighted by atomic mass is 16.6. The Morgan fingerprint density at radius 1 is 0.518 bits per heavy atom. The van der Waals surface area contributed by atoms with Crippen molar-refractivity contribution in [3.05, 3.63) is 130 Å². The van der Waals surface area contributed by atoms with Crippen LogP contribution in [0, 0.1) is 0 Å².